The number of carbonyl (C=O) groups is 1. The summed E-state index contributed by atoms with van der Waals surface area (Å²) in [5.41, 5.74) is 0.0636. The molecular formula is C16H12F3N3O2. The van der Waals surface area contributed by atoms with E-state index in [9.17, 15) is 18.0 Å². The van der Waals surface area contributed by atoms with Crippen LogP contribution in [0.15, 0.2) is 59.0 Å². The second-order valence-corrected chi connectivity index (χ2v) is 4.54. The topological polar surface area (TPSA) is 63.9 Å². The van der Waals surface area contributed by atoms with Crippen LogP contribution in [-0.4, -0.2) is 18.1 Å². The van der Waals surface area contributed by atoms with Crippen molar-refractivity contribution in [2.75, 3.05) is 7.11 Å². The van der Waals surface area contributed by atoms with Crippen LogP contribution in [0.2, 0.25) is 0 Å². The van der Waals surface area contributed by atoms with Crippen LogP contribution in [-0.2, 0) is 15.7 Å². The quantitative estimate of drug-likeness (QED) is 0.462. The van der Waals surface area contributed by atoms with E-state index in [2.05, 4.69) is 19.9 Å². The van der Waals surface area contributed by atoms with Gasteiger partial charge >= 0.3 is 12.1 Å². The monoisotopic (exact) mass is 335 g/mol. The number of ether oxygens (including phenoxy) is 1. The molecule has 0 saturated heterocycles. The first-order valence-electron chi connectivity index (χ1n) is 6.69. The Kier molecular flexibility index (Phi) is 5.41. The Morgan fingerprint density at radius 3 is 2.75 bits per heavy atom. The van der Waals surface area contributed by atoms with E-state index in [-0.39, 0.29) is 5.69 Å². The Labute approximate surface area is 135 Å². The molecule has 8 heteroatoms. The third-order valence-corrected chi connectivity index (χ3v) is 2.88. The molecule has 1 aromatic carbocycles. The number of carbonyl (C=O) groups excluding carboxylic acids is 1. The molecule has 0 amide bonds. The van der Waals surface area contributed by atoms with Crippen LogP contribution in [0.3, 0.4) is 0 Å². The summed E-state index contributed by atoms with van der Waals surface area (Å²) in [5, 5.41) is 7.69. The number of hydrogen-bond donors (Lipinski definition) is 0. The number of halogens is 3. The van der Waals surface area contributed by atoms with E-state index in [1.807, 2.05) is 0 Å². The summed E-state index contributed by atoms with van der Waals surface area (Å²) in [6, 6.07) is 6.08. The van der Waals surface area contributed by atoms with Gasteiger partial charge in [0.05, 0.1) is 24.6 Å². The molecular weight excluding hydrogens is 323 g/mol. The maximum atomic E-state index is 12.7. The van der Waals surface area contributed by atoms with Crippen LogP contribution >= 0.6 is 0 Å². The minimum absolute atomic E-state index is 0.0524. The van der Waals surface area contributed by atoms with Gasteiger partial charge in [-0.25, -0.2) is 4.79 Å². The highest BCUT2D eigenvalue weighted by Crippen LogP contribution is 2.32. The minimum atomic E-state index is -4.45. The largest absolute Gasteiger partial charge is 0.466 e. The van der Waals surface area contributed by atoms with Crippen molar-refractivity contribution in [3.8, 4) is 0 Å². The van der Waals surface area contributed by atoms with Crippen LogP contribution in [0.5, 0.6) is 0 Å². The predicted octanol–water partition coefficient (Wildman–Crippen LogP) is 4.70. The first-order chi connectivity index (χ1) is 11.4. The van der Waals surface area contributed by atoms with Gasteiger partial charge in [0.25, 0.3) is 0 Å². The van der Waals surface area contributed by atoms with Crippen molar-refractivity contribution in [1.29, 1.82) is 0 Å². The normalized spacial score (nSPS) is 12.0. The molecule has 0 unspecified atom stereocenters. The zero-order valence-electron chi connectivity index (χ0n) is 12.5. The van der Waals surface area contributed by atoms with E-state index >= 15 is 0 Å². The number of aromatic nitrogens is 1. The van der Waals surface area contributed by atoms with Crippen molar-refractivity contribution in [2.24, 2.45) is 10.2 Å². The average molecular weight is 335 g/mol. The Balaban J connectivity index is 2.27. The number of nitrogens with zero attached hydrogens (tertiary/aromatic N) is 3. The lowest BCUT2D eigenvalue weighted by molar-refractivity contribution is -0.137. The van der Waals surface area contributed by atoms with Gasteiger partial charge in [0.1, 0.15) is 5.69 Å². The zero-order valence-corrected chi connectivity index (χ0v) is 12.5. The van der Waals surface area contributed by atoms with Crippen molar-refractivity contribution < 1.29 is 22.7 Å². The van der Waals surface area contributed by atoms with Crippen LogP contribution in [0.4, 0.5) is 24.5 Å². The molecule has 0 bridgehead atoms. The van der Waals surface area contributed by atoms with Gasteiger partial charge in [-0.1, -0.05) is 6.07 Å². The van der Waals surface area contributed by atoms with E-state index in [0.717, 1.165) is 12.1 Å². The summed E-state index contributed by atoms with van der Waals surface area (Å²) in [6.07, 6.45) is 1.06. The second-order valence-electron chi connectivity index (χ2n) is 4.54. The fraction of sp³-hybridized carbons (Fsp3) is 0.125. The van der Waals surface area contributed by atoms with Gasteiger partial charge in [-0.15, -0.1) is 5.11 Å². The maximum Gasteiger partial charge on any atom is 0.416 e. The van der Waals surface area contributed by atoms with Crippen molar-refractivity contribution in [3.05, 3.63) is 59.9 Å². The lowest BCUT2D eigenvalue weighted by atomic mass is 10.2. The van der Waals surface area contributed by atoms with Gasteiger partial charge < -0.3 is 4.74 Å². The Morgan fingerprint density at radius 2 is 2.04 bits per heavy atom. The molecule has 2 aromatic rings. The summed E-state index contributed by atoms with van der Waals surface area (Å²) in [7, 11) is 1.24. The molecule has 0 radical (unpaired) electrons. The molecule has 0 spiro atoms. The van der Waals surface area contributed by atoms with Crippen molar-refractivity contribution >= 4 is 23.4 Å². The third-order valence-electron chi connectivity index (χ3n) is 2.88. The van der Waals surface area contributed by atoms with Crippen LogP contribution < -0.4 is 0 Å². The lowest BCUT2D eigenvalue weighted by Gasteiger charge is -2.06. The Hall–Kier alpha value is -3.03. The summed E-state index contributed by atoms with van der Waals surface area (Å²) >= 11 is 0. The van der Waals surface area contributed by atoms with Crippen molar-refractivity contribution in [2.45, 2.75) is 6.18 Å². The predicted molar refractivity (Wildman–Crippen MR) is 80.9 cm³/mol. The molecule has 1 aromatic heterocycles. The maximum absolute atomic E-state index is 12.7. The van der Waals surface area contributed by atoms with Gasteiger partial charge in [0, 0.05) is 17.8 Å². The van der Waals surface area contributed by atoms with Gasteiger partial charge in [0.2, 0.25) is 0 Å². The summed E-state index contributed by atoms with van der Waals surface area (Å²) in [6.45, 7) is 0. The molecule has 2 rings (SSSR count). The zero-order chi connectivity index (χ0) is 17.6. The smallest absolute Gasteiger partial charge is 0.416 e. The summed E-state index contributed by atoms with van der Waals surface area (Å²) in [4.78, 5) is 15.0. The highest BCUT2D eigenvalue weighted by molar-refractivity contribution is 5.87. The summed E-state index contributed by atoms with van der Waals surface area (Å²) < 4.78 is 42.5. The van der Waals surface area contributed by atoms with E-state index in [1.165, 1.54) is 43.8 Å². The van der Waals surface area contributed by atoms with Crippen molar-refractivity contribution in [3.63, 3.8) is 0 Å². The number of hydrogen-bond acceptors (Lipinski definition) is 5. The number of esters is 1. The van der Waals surface area contributed by atoms with Gasteiger partial charge in [-0.2, -0.15) is 18.3 Å². The molecule has 5 nitrogen and oxygen atoms in total. The van der Waals surface area contributed by atoms with E-state index < -0.39 is 17.7 Å². The minimum Gasteiger partial charge on any atom is -0.466 e. The molecule has 0 saturated carbocycles. The molecule has 0 aliphatic carbocycles. The fourth-order valence-electron chi connectivity index (χ4n) is 1.70. The van der Waals surface area contributed by atoms with Crippen LogP contribution in [0.25, 0.3) is 6.08 Å². The number of rotatable bonds is 4. The fourth-order valence-corrected chi connectivity index (χ4v) is 1.70. The number of azo groups is 1. The highest BCUT2D eigenvalue weighted by atomic mass is 19.4. The summed E-state index contributed by atoms with van der Waals surface area (Å²) in [5.74, 6) is -0.549. The van der Waals surface area contributed by atoms with Crippen LogP contribution in [0, 0.1) is 0 Å². The highest BCUT2D eigenvalue weighted by Gasteiger charge is 2.30. The van der Waals surface area contributed by atoms with E-state index in [4.69, 9.17) is 0 Å². The molecule has 0 aliphatic rings. The Morgan fingerprint density at radius 1 is 1.25 bits per heavy atom. The third kappa shape index (κ3) is 4.73. The standard InChI is InChI=1S/C16H12F3N3O2/c1-24-15(23)6-5-11-7-8-20-10-14(11)22-21-13-4-2-3-12(9-13)16(17,18)19/h2-10H,1H3. The molecule has 0 atom stereocenters. The molecule has 0 N–H and O–H groups in total. The SMILES string of the molecule is COC(=O)C=Cc1ccncc1N=Nc1cccc(C(F)(F)F)c1. The molecule has 1 heterocycles. The van der Waals surface area contributed by atoms with Gasteiger partial charge in [-0.3, -0.25) is 4.98 Å². The molecule has 124 valence electrons. The number of methoxy groups -OCH3 is 1. The van der Waals surface area contributed by atoms with Crippen LogP contribution in [0.1, 0.15) is 11.1 Å². The number of pyridine rings is 1. The molecule has 24 heavy (non-hydrogen) atoms. The van der Waals surface area contributed by atoms with E-state index in [0.29, 0.717) is 11.3 Å². The average Bonchev–Trinajstić information content (AvgIpc) is 2.58. The lowest BCUT2D eigenvalue weighted by Crippen LogP contribution is -2.03. The first kappa shape index (κ1) is 17.3. The Bertz CT molecular complexity index is 786. The van der Waals surface area contributed by atoms with Gasteiger partial charge in [-0.05, 0) is 30.3 Å². The van der Waals surface area contributed by atoms with E-state index in [1.54, 1.807) is 6.07 Å². The molecule has 0 aliphatic heterocycles. The first-order valence-corrected chi connectivity index (χ1v) is 6.69. The number of alkyl halides is 3. The molecule has 0 fully saturated rings. The second kappa shape index (κ2) is 7.49. The van der Waals surface area contributed by atoms with Crippen molar-refractivity contribution in [1.82, 2.24) is 4.98 Å². The number of benzene rings is 1. The van der Waals surface area contributed by atoms with Gasteiger partial charge in [0.15, 0.2) is 0 Å².